The Morgan fingerprint density at radius 3 is 2.44 bits per heavy atom. The van der Waals surface area contributed by atoms with Gasteiger partial charge in [0.05, 0.1) is 0 Å². The molecular weight excluding hydrogens is 298 g/mol. The van der Waals surface area contributed by atoms with Gasteiger partial charge in [-0.2, -0.15) is 0 Å². The van der Waals surface area contributed by atoms with E-state index >= 15 is 0 Å². The first kappa shape index (κ1) is 14.0. The van der Waals surface area contributed by atoms with E-state index in [0.29, 0.717) is 10.2 Å². The normalized spacial score (nSPS) is 20.0. The Bertz CT molecular complexity index is 411. The molecule has 1 aromatic rings. The van der Waals surface area contributed by atoms with Crippen LogP contribution in [0.5, 0.6) is 0 Å². The lowest BCUT2D eigenvalue weighted by molar-refractivity contribution is 0.275. The van der Waals surface area contributed by atoms with E-state index in [0.717, 1.165) is 18.4 Å². The zero-order chi connectivity index (χ0) is 13.2. The lowest BCUT2D eigenvalue weighted by atomic mass is 9.78. The Morgan fingerprint density at radius 2 is 1.89 bits per heavy atom. The highest BCUT2D eigenvalue weighted by atomic mass is 79.9. The maximum Gasteiger partial charge on any atom is 0.159 e. The summed E-state index contributed by atoms with van der Waals surface area (Å²) in [4.78, 5) is 0.349. The number of hydrogen-bond donors (Lipinski definition) is 0. The predicted octanol–water partition coefficient (Wildman–Crippen LogP) is 5.24. The van der Waals surface area contributed by atoms with E-state index in [1.165, 1.54) is 37.8 Å². The quantitative estimate of drug-likeness (QED) is 0.666. The summed E-state index contributed by atoms with van der Waals surface area (Å²) in [6.45, 7) is 2.23. The first-order valence-electron chi connectivity index (χ1n) is 6.65. The van der Waals surface area contributed by atoms with E-state index in [9.17, 15) is 8.78 Å². The van der Waals surface area contributed by atoms with Gasteiger partial charge in [0.25, 0.3) is 0 Å². The van der Waals surface area contributed by atoms with Crippen molar-refractivity contribution in [1.82, 2.24) is 0 Å². The monoisotopic (exact) mass is 316 g/mol. The SMILES string of the molecule is CCC1(C(Br)Cc2ccc(F)c(F)c2)CCCC1. The summed E-state index contributed by atoms with van der Waals surface area (Å²) in [5.41, 5.74) is 1.21. The zero-order valence-electron chi connectivity index (χ0n) is 10.7. The number of benzene rings is 1. The van der Waals surface area contributed by atoms with Crippen LogP contribution in [0, 0.1) is 17.0 Å². The van der Waals surface area contributed by atoms with Crippen LogP contribution in [0.25, 0.3) is 0 Å². The van der Waals surface area contributed by atoms with Gasteiger partial charge in [0, 0.05) is 4.83 Å². The Morgan fingerprint density at radius 1 is 1.22 bits per heavy atom. The van der Waals surface area contributed by atoms with E-state index in [4.69, 9.17) is 0 Å². The van der Waals surface area contributed by atoms with Crippen LogP contribution in [-0.2, 0) is 6.42 Å². The molecule has 1 atom stereocenters. The molecule has 100 valence electrons. The van der Waals surface area contributed by atoms with Gasteiger partial charge in [0.15, 0.2) is 11.6 Å². The molecule has 0 N–H and O–H groups in total. The number of rotatable bonds is 4. The molecule has 0 radical (unpaired) electrons. The molecule has 1 aliphatic carbocycles. The van der Waals surface area contributed by atoms with Crippen molar-refractivity contribution < 1.29 is 8.78 Å². The second-order valence-corrected chi connectivity index (χ2v) is 6.45. The number of hydrogen-bond acceptors (Lipinski definition) is 0. The Labute approximate surface area is 116 Å². The molecule has 2 rings (SSSR count). The highest BCUT2D eigenvalue weighted by Gasteiger charge is 2.38. The molecule has 0 amide bonds. The largest absolute Gasteiger partial charge is 0.204 e. The van der Waals surface area contributed by atoms with Crippen LogP contribution < -0.4 is 0 Å². The maximum atomic E-state index is 13.2. The van der Waals surface area contributed by atoms with Crippen molar-refractivity contribution in [3.05, 3.63) is 35.4 Å². The second kappa shape index (κ2) is 5.68. The average molecular weight is 317 g/mol. The third-order valence-corrected chi connectivity index (χ3v) is 5.66. The van der Waals surface area contributed by atoms with E-state index in [2.05, 4.69) is 22.9 Å². The fraction of sp³-hybridized carbons (Fsp3) is 0.600. The van der Waals surface area contributed by atoms with E-state index in [-0.39, 0.29) is 0 Å². The second-order valence-electron chi connectivity index (χ2n) is 5.34. The Hall–Kier alpha value is -0.440. The van der Waals surface area contributed by atoms with Gasteiger partial charge in [-0.1, -0.05) is 41.8 Å². The predicted molar refractivity (Wildman–Crippen MR) is 74.0 cm³/mol. The lowest BCUT2D eigenvalue weighted by Gasteiger charge is -2.33. The van der Waals surface area contributed by atoms with Gasteiger partial charge in [-0.15, -0.1) is 0 Å². The molecule has 1 fully saturated rings. The summed E-state index contributed by atoms with van der Waals surface area (Å²) in [6, 6.07) is 4.23. The molecule has 1 saturated carbocycles. The first-order chi connectivity index (χ1) is 8.57. The van der Waals surface area contributed by atoms with Crippen LogP contribution in [-0.4, -0.2) is 4.83 Å². The Kier molecular flexibility index (Phi) is 4.41. The molecule has 1 unspecified atom stereocenters. The molecule has 0 nitrogen and oxygen atoms in total. The van der Waals surface area contributed by atoms with Crippen molar-refractivity contribution in [3.63, 3.8) is 0 Å². The van der Waals surface area contributed by atoms with Gasteiger partial charge in [-0.3, -0.25) is 0 Å². The van der Waals surface area contributed by atoms with Crippen LogP contribution in [0.4, 0.5) is 8.78 Å². The number of halogens is 3. The average Bonchev–Trinajstić information content (AvgIpc) is 2.84. The van der Waals surface area contributed by atoms with Crippen LogP contribution in [0.2, 0.25) is 0 Å². The maximum absolute atomic E-state index is 13.2. The molecule has 0 saturated heterocycles. The van der Waals surface area contributed by atoms with E-state index in [1.54, 1.807) is 6.07 Å². The van der Waals surface area contributed by atoms with Gasteiger partial charge >= 0.3 is 0 Å². The third kappa shape index (κ3) is 2.76. The summed E-state index contributed by atoms with van der Waals surface area (Å²) in [5, 5.41) is 0. The van der Waals surface area contributed by atoms with E-state index < -0.39 is 11.6 Å². The van der Waals surface area contributed by atoms with Gasteiger partial charge < -0.3 is 0 Å². The van der Waals surface area contributed by atoms with Gasteiger partial charge in [0.1, 0.15) is 0 Å². The van der Waals surface area contributed by atoms with Gasteiger partial charge in [-0.05, 0) is 48.8 Å². The minimum absolute atomic E-state index is 0.338. The zero-order valence-corrected chi connectivity index (χ0v) is 12.3. The molecule has 18 heavy (non-hydrogen) atoms. The van der Waals surface area contributed by atoms with Crippen LogP contribution in [0.1, 0.15) is 44.6 Å². The summed E-state index contributed by atoms with van der Waals surface area (Å²) < 4.78 is 26.1. The van der Waals surface area contributed by atoms with Gasteiger partial charge in [-0.25, -0.2) is 8.78 Å². The van der Waals surface area contributed by atoms with Crippen LogP contribution in [0.3, 0.4) is 0 Å². The number of alkyl halides is 1. The molecule has 0 aliphatic heterocycles. The highest BCUT2D eigenvalue weighted by molar-refractivity contribution is 9.09. The lowest BCUT2D eigenvalue weighted by Crippen LogP contribution is -2.29. The molecule has 1 aromatic carbocycles. The van der Waals surface area contributed by atoms with Crippen molar-refractivity contribution in [2.45, 2.75) is 50.3 Å². The Balaban J connectivity index is 2.10. The summed E-state index contributed by atoms with van der Waals surface area (Å²) in [6.07, 6.45) is 6.96. The van der Waals surface area contributed by atoms with Crippen molar-refractivity contribution >= 4 is 15.9 Å². The first-order valence-corrected chi connectivity index (χ1v) is 7.57. The molecule has 3 heteroatoms. The van der Waals surface area contributed by atoms with Crippen molar-refractivity contribution in [2.75, 3.05) is 0 Å². The minimum Gasteiger partial charge on any atom is -0.204 e. The minimum atomic E-state index is -0.768. The third-order valence-electron chi connectivity index (χ3n) is 4.37. The summed E-state index contributed by atoms with van der Waals surface area (Å²) in [5.74, 6) is -1.51. The summed E-state index contributed by atoms with van der Waals surface area (Å²) in [7, 11) is 0. The van der Waals surface area contributed by atoms with Crippen molar-refractivity contribution in [3.8, 4) is 0 Å². The molecule has 1 aliphatic rings. The molecule has 0 heterocycles. The van der Waals surface area contributed by atoms with Crippen molar-refractivity contribution in [1.29, 1.82) is 0 Å². The van der Waals surface area contributed by atoms with Crippen LogP contribution >= 0.6 is 15.9 Å². The topological polar surface area (TPSA) is 0 Å². The van der Waals surface area contributed by atoms with Gasteiger partial charge in [0.2, 0.25) is 0 Å². The fourth-order valence-corrected chi connectivity index (χ4v) is 4.21. The smallest absolute Gasteiger partial charge is 0.159 e. The standard InChI is InChI=1S/C15H19BrF2/c1-2-15(7-3-4-8-15)14(16)10-11-5-6-12(17)13(18)9-11/h5-6,9,14H,2-4,7-8,10H2,1H3. The van der Waals surface area contributed by atoms with E-state index in [1.807, 2.05) is 0 Å². The fourth-order valence-electron chi connectivity index (χ4n) is 3.06. The molecule has 0 bridgehead atoms. The summed E-state index contributed by atoms with van der Waals surface area (Å²) >= 11 is 3.79. The molecule has 0 spiro atoms. The molecule has 0 aromatic heterocycles. The van der Waals surface area contributed by atoms with Crippen LogP contribution in [0.15, 0.2) is 18.2 Å². The van der Waals surface area contributed by atoms with Crippen molar-refractivity contribution in [2.24, 2.45) is 5.41 Å². The molecular formula is C15H19BrF2. The highest BCUT2D eigenvalue weighted by Crippen LogP contribution is 2.47.